The van der Waals surface area contributed by atoms with E-state index in [2.05, 4.69) is 114 Å². The van der Waals surface area contributed by atoms with Crippen molar-refractivity contribution in [3.05, 3.63) is 107 Å². The molecule has 1 unspecified atom stereocenters. The maximum absolute atomic E-state index is 11.8. The number of hydrogen-bond donors (Lipinski definition) is 0. The summed E-state index contributed by atoms with van der Waals surface area (Å²) in [5.41, 5.74) is 6.16. The Bertz CT molecular complexity index is 1080. The summed E-state index contributed by atoms with van der Waals surface area (Å²) in [5, 5.41) is 0. The average Bonchev–Trinajstić information content (AvgIpc) is 2.98. The Morgan fingerprint density at radius 3 is 2.29 bits per heavy atom. The van der Waals surface area contributed by atoms with Gasteiger partial charge in [-0.25, -0.2) is 0 Å². The van der Waals surface area contributed by atoms with E-state index >= 15 is 0 Å². The number of benzene rings is 1. The van der Waals surface area contributed by atoms with Crippen molar-refractivity contribution in [3.63, 3.8) is 0 Å². The van der Waals surface area contributed by atoms with E-state index in [1.165, 1.54) is 54.6 Å². The van der Waals surface area contributed by atoms with Crippen LogP contribution in [0.5, 0.6) is 0 Å². The predicted molar refractivity (Wildman–Crippen MR) is 187 cm³/mol. The van der Waals surface area contributed by atoms with Crippen molar-refractivity contribution >= 4 is 5.78 Å². The maximum atomic E-state index is 11.8. The number of likely N-dealkylation sites (tertiary alicyclic amines) is 1. The van der Waals surface area contributed by atoms with Crippen LogP contribution in [0.1, 0.15) is 123 Å². The van der Waals surface area contributed by atoms with Gasteiger partial charge in [0.05, 0.1) is 0 Å². The molecule has 2 nitrogen and oxygen atoms in total. The molecule has 0 spiro atoms. The first-order valence-electron chi connectivity index (χ1n) is 16.5. The SMILES string of the molecule is C=CC(C)(C)CN1CCC(C/C=C\C=C(C2=C/C=C/CC\C=C\2C)\C(C)c2ccc(C(C)=O)cc2)CC1.CC.CCC. The van der Waals surface area contributed by atoms with Crippen molar-refractivity contribution in [1.29, 1.82) is 0 Å². The smallest absolute Gasteiger partial charge is 0.159 e. The van der Waals surface area contributed by atoms with E-state index in [0.717, 1.165) is 37.3 Å². The molecule has 0 amide bonds. The van der Waals surface area contributed by atoms with Gasteiger partial charge in [-0.1, -0.05) is 128 Å². The number of carbonyl (C=O) groups is 1. The summed E-state index contributed by atoms with van der Waals surface area (Å²) in [6.07, 6.45) is 25.2. The molecule has 1 aliphatic carbocycles. The number of ketones is 1. The van der Waals surface area contributed by atoms with Crippen molar-refractivity contribution in [2.45, 2.75) is 107 Å². The van der Waals surface area contributed by atoms with Gasteiger partial charge in [-0.2, -0.15) is 0 Å². The molecule has 1 atom stereocenters. The van der Waals surface area contributed by atoms with Crippen LogP contribution in [-0.2, 0) is 0 Å². The van der Waals surface area contributed by atoms with Gasteiger partial charge < -0.3 is 4.90 Å². The Labute approximate surface area is 260 Å². The van der Waals surface area contributed by atoms with Crippen LogP contribution in [0.3, 0.4) is 0 Å². The Morgan fingerprint density at radius 2 is 1.71 bits per heavy atom. The van der Waals surface area contributed by atoms with Gasteiger partial charge in [0.1, 0.15) is 0 Å². The standard InChI is InChI=1S/C35H47NO.C3H8.C2H6/c1-7-35(5,6)26-36-24-22-30(23-25-36)15-12-13-17-34(33-16-11-9-8-10-14-27(33)2)28(3)31-18-20-32(21-19-31)29(4)37;1-3-2;1-2/h7,9,11-14,16-21,28,30H,1,8,10,15,22-26H2,2-6H3;3H2,1-2H3;1-2H3/b11-9+,13-12-,27-14+,33-16+,34-17-;;. The Balaban J connectivity index is 0.00000165. The third-order valence-electron chi connectivity index (χ3n) is 7.97. The van der Waals surface area contributed by atoms with Gasteiger partial charge in [-0.15, -0.1) is 6.58 Å². The summed E-state index contributed by atoms with van der Waals surface area (Å²) in [7, 11) is 0. The fourth-order valence-corrected chi connectivity index (χ4v) is 5.34. The number of nitrogens with zero attached hydrogens (tertiary/aromatic N) is 1. The molecule has 1 fully saturated rings. The van der Waals surface area contributed by atoms with E-state index < -0.39 is 0 Å². The monoisotopic (exact) mass is 571 g/mol. The second-order valence-corrected chi connectivity index (χ2v) is 12.3. The first-order valence-corrected chi connectivity index (χ1v) is 16.5. The largest absolute Gasteiger partial charge is 0.302 e. The van der Waals surface area contributed by atoms with Gasteiger partial charge in [0.15, 0.2) is 5.78 Å². The molecule has 3 rings (SSSR count). The molecule has 42 heavy (non-hydrogen) atoms. The maximum Gasteiger partial charge on any atom is 0.159 e. The third-order valence-corrected chi connectivity index (χ3v) is 7.97. The lowest BCUT2D eigenvalue weighted by Gasteiger charge is -2.36. The van der Waals surface area contributed by atoms with Crippen LogP contribution in [0.25, 0.3) is 0 Å². The van der Waals surface area contributed by atoms with Crippen molar-refractivity contribution in [3.8, 4) is 0 Å². The van der Waals surface area contributed by atoms with Gasteiger partial charge >= 0.3 is 0 Å². The summed E-state index contributed by atoms with van der Waals surface area (Å²) in [4.78, 5) is 14.4. The van der Waals surface area contributed by atoms with Crippen LogP contribution in [0, 0.1) is 11.3 Å². The van der Waals surface area contributed by atoms with Crippen molar-refractivity contribution in [1.82, 2.24) is 4.90 Å². The Kier molecular flexibility index (Phi) is 18.0. The minimum atomic E-state index is 0.111. The van der Waals surface area contributed by atoms with Crippen molar-refractivity contribution in [2.75, 3.05) is 19.6 Å². The molecule has 1 aliphatic heterocycles. The number of allylic oxidation sites excluding steroid dienone is 10. The third kappa shape index (κ3) is 13.1. The summed E-state index contributed by atoms with van der Waals surface area (Å²) in [6.45, 7) is 26.4. The molecule has 0 N–H and O–H groups in total. The van der Waals surface area contributed by atoms with Crippen molar-refractivity contribution < 1.29 is 4.79 Å². The average molecular weight is 572 g/mol. The predicted octanol–water partition coefficient (Wildman–Crippen LogP) is 11.5. The second kappa shape index (κ2) is 20.2. The Morgan fingerprint density at radius 1 is 1.10 bits per heavy atom. The number of hydrogen-bond acceptors (Lipinski definition) is 2. The molecule has 1 aromatic carbocycles. The van der Waals surface area contributed by atoms with Gasteiger partial charge in [0, 0.05) is 18.0 Å². The summed E-state index contributed by atoms with van der Waals surface area (Å²) >= 11 is 0. The van der Waals surface area contributed by atoms with E-state index in [-0.39, 0.29) is 17.1 Å². The number of rotatable bonds is 10. The highest BCUT2D eigenvalue weighted by Crippen LogP contribution is 2.34. The molecule has 2 heteroatoms. The van der Waals surface area contributed by atoms with Crippen LogP contribution in [-0.4, -0.2) is 30.3 Å². The Hall–Kier alpha value is -2.71. The van der Waals surface area contributed by atoms with E-state index in [9.17, 15) is 4.79 Å². The molecule has 0 radical (unpaired) electrons. The topological polar surface area (TPSA) is 20.3 Å². The summed E-state index contributed by atoms with van der Waals surface area (Å²) in [6, 6.07) is 8.13. The number of carbonyl (C=O) groups excluding carboxylic acids is 1. The highest BCUT2D eigenvalue weighted by molar-refractivity contribution is 5.94. The zero-order valence-corrected chi connectivity index (χ0v) is 28.5. The lowest BCUT2D eigenvalue weighted by Crippen LogP contribution is -2.39. The number of Topliss-reactive ketones (excluding diaryl/α,β-unsaturated/α-hetero) is 1. The van der Waals surface area contributed by atoms with Gasteiger partial charge in [-0.05, 0) is 92.7 Å². The minimum absolute atomic E-state index is 0.111. The normalized spacial score (nSPS) is 20.7. The molecule has 1 saturated heterocycles. The fraction of sp³-hybridized carbons (Fsp3) is 0.525. The van der Waals surface area contributed by atoms with Crippen LogP contribution >= 0.6 is 0 Å². The molecule has 2 aliphatic rings. The van der Waals surface area contributed by atoms with Gasteiger partial charge in [0.25, 0.3) is 0 Å². The summed E-state index contributed by atoms with van der Waals surface area (Å²) < 4.78 is 0. The lowest BCUT2D eigenvalue weighted by atomic mass is 9.83. The highest BCUT2D eigenvalue weighted by Gasteiger charge is 2.23. The molecule has 1 aromatic rings. The van der Waals surface area contributed by atoms with E-state index in [0.29, 0.717) is 0 Å². The van der Waals surface area contributed by atoms with Crippen LogP contribution in [0.2, 0.25) is 0 Å². The van der Waals surface area contributed by atoms with Gasteiger partial charge in [-0.3, -0.25) is 4.79 Å². The summed E-state index contributed by atoms with van der Waals surface area (Å²) in [5.74, 6) is 1.10. The molecular formula is C40H61NO. The number of piperidine rings is 1. The van der Waals surface area contributed by atoms with E-state index in [1.807, 2.05) is 26.0 Å². The zero-order valence-electron chi connectivity index (χ0n) is 28.5. The van der Waals surface area contributed by atoms with E-state index in [4.69, 9.17) is 0 Å². The van der Waals surface area contributed by atoms with Crippen LogP contribution < -0.4 is 0 Å². The second-order valence-electron chi connectivity index (χ2n) is 12.3. The highest BCUT2D eigenvalue weighted by atomic mass is 16.1. The fourth-order valence-electron chi connectivity index (χ4n) is 5.34. The zero-order chi connectivity index (χ0) is 31.5. The molecule has 1 heterocycles. The molecule has 0 saturated carbocycles. The van der Waals surface area contributed by atoms with Gasteiger partial charge in [0.2, 0.25) is 0 Å². The minimum Gasteiger partial charge on any atom is -0.302 e. The first-order chi connectivity index (χ1) is 20.1. The lowest BCUT2D eigenvalue weighted by molar-refractivity contribution is 0.101. The van der Waals surface area contributed by atoms with Crippen molar-refractivity contribution in [2.24, 2.45) is 11.3 Å². The van der Waals surface area contributed by atoms with Crippen LogP contribution in [0.15, 0.2) is 96.2 Å². The molecule has 0 aromatic heterocycles. The molecule has 232 valence electrons. The quantitative estimate of drug-likeness (QED) is 0.158. The van der Waals surface area contributed by atoms with E-state index in [1.54, 1.807) is 6.92 Å². The molecule has 0 bridgehead atoms. The van der Waals surface area contributed by atoms with Crippen LogP contribution in [0.4, 0.5) is 0 Å². The molecular weight excluding hydrogens is 510 g/mol. The first kappa shape index (κ1) is 37.3.